The first-order chi connectivity index (χ1) is 14.2. The molecule has 0 unspecified atom stereocenters. The molecule has 1 fully saturated rings. The SMILES string of the molecule is Cc1ccc2c(c1)=NC(c1ccccc1N)=IC=2N1CCC[C@@H](CCCC=O)C1. The van der Waals surface area contributed by atoms with E-state index in [0.29, 0.717) is 12.3 Å². The van der Waals surface area contributed by atoms with Crippen LogP contribution in [0, 0.1) is 12.8 Å². The van der Waals surface area contributed by atoms with Crippen LogP contribution in [0.25, 0.3) is 3.70 Å². The quantitative estimate of drug-likeness (QED) is 0.217. The lowest BCUT2D eigenvalue weighted by molar-refractivity contribution is -0.108. The molecule has 1 saturated heterocycles. The molecule has 4 rings (SSSR count). The number of aldehydes is 1. The first-order valence-corrected chi connectivity index (χ1v) is 12.6. The number of halogens is 1. The monoisotopic (exact) mass is 501 g/mol. The number of likely N-dealkylation sites (tertiary alicyclic amines) is 1. The van der Waals surface area contributed by atoms with E-state index in [2.05, 4.69) is 36.1 Å². The Bertz CT molecular complexity index is 1060. The van der Waals surface area contributed by atoms with Crippen molar-refractivity contribution >= 4 is 40.0 Å². The van der Waals surface area contributed by atoms with E-state index in [0.717, 1.165) is 52.5 Å². The van der Waals surface area contributed by atoms with E-state index in [9.17, 15) is 4.79 Å². The molecule has 0 saturated carbocycles. The highest BCUT2D eigenvalue weighted by Gasteiger charge is 2.23. The number of nitrogen functional groups attached to an aromatic ring is 1. The molecule has 0 aliphatic carbocycles. The average Bonchev–Trinajstić information content (AvgIpc) is 2.73. The van der Waals surface area contributed by atoms with Gasteiger partial charge in [0.25, 0.3) is 0 Å². The fourth-order valence-corrected chi connectivity index (χ4v) is 7.34. The van der Waals surface area contributed by atoms with Gasteiger partial charge in [-0.25, -0.2) is 4.99 Å². The molecule has 2 aromatic carbocycles. The smallest absolute Gasteiger partial charge is 0.119 e. The molecular formula is C24H28IN3O. The third-order valence-corrected chi connectivity index (χ3v) is 8.79. The predicted molar refractivity (Wildman–Crippen MR) is 129 cm³/mol. The second kappa shape index (κ2) is 9.20. The number of hydrogen-bond donors (Lipinski definition) is 1. The Kier molecular flexibility index (Phi) is 6.43. The van der Waals surface area contributed by atoms with Crippen LogP contribution in [0.3, 0.4) is 0 Å². The number of anilines is 1. The lowest BCUT2D eigenvalue weighted by Gasteiger charge is -2.35. The molecule has 2 N–H and O–H groups in total. The summed E-state index contributed by atoms with van der Waals surface area (Å²) >= 11 is -0.416. The van der Waals surface area contributed by atoms with Gasteiger partial charge in [0.2, 0.25) is 0 Å². The van der Waals surface area contributed by atoms with Crippen molar-refractivity contribution in [3.8, 4) is 0 Å². The van der Waals surface area contributed by atoms with Crippen LogP contribution >= 0.6 is 20.7 Å². The van der Waals surface area contributed by atoms with Crippen molar-refractivity contribution in [1.82, 2.24) is 4.90 Å². The normalized spacial score (nSPS) is 18.9. The van der Waals surface area contributed by atoms with Crippen LogP contribution in [0.1, 0.15) is 43.2 Å². The number of carbonyl (C=O) groups is 1. The standard InChI is InChI=1S/C24H28IN3O/c1-17-11-12-20-22(15-17)27-23(19-9-2-3-10-21(19)26)25-24(20)28-13-6-8-18(16-28)7-4-5-14-29/h2-3,9-12,14-15,18H,4-8,13,16,26H2,1H3/t18-/m1/s1. The zero-order chi connectivity index (χ0) is 20.2. The predicted octanol–water partition coefficient (Wildman–Crippen LogP) is 3.51. The van der Waals surface area contributed by atoms with Gasteiger partial charge in [-0.3, -0.25) is 0 Å². The summed E-state index contributed by atoms with van der Waals surface area (Å²) in [6, 6.07) is 14.8. The molecule has 0 bridgehead atoms. The summed E-state index contributed by atoms with van der Waals surface area (Å²) in [6.45, 7) is 4.34. The molecule has 0 aromatic heterocycles. The Labute approximate surface area is 182 Å². The lowest BCUT2D eigenvalue weighted by atomic mass is 9.93. The van der Waals surface area contributed by atoms with E-state index in [1.165, 1.54) is 27.3 Å². The lowest BCUT2D eigenvalue weighted by Crippen LogP contribution is -2.40. The van der Waals surface area contributed by atoms with Gasteiger partial charge in [-0.05, 0) is 83.0 Å². The van der Waals surface area contributed by atoms with Crippen LogP contribution in [0.15, 0.2) is 47.5 Å². The van der Waals surface area contributed by atoms with Gasteiger partial charge >= 0.3 is 0 Å². The fraction of sp³-hybridized carbons (Fsp3) is 0.375. The van der Waals surface area contributed by atoms with E-state index in [-0.39, 0.29) is 0 Å². The highest BCUT2D eigenvalue weighted by Crippen LogP contribution is 2.32. The Balaban J connectivity index is 1.73. The summed E-state index contributed by atoms with van der Waals surface area (Å²) in [4.78, 5) is 18.4. The number of piperidine rings is 1. The van der Waals surface area contributed by atoms with Crippen molar-refractivity contribution in [1.29, 1.82) is 0 Å². The molecule has 0 amide bonds. The third-order valence-electron chi connectivity index (χ3n) is 5.69. The second-order valence-electron chi connectivity index (χ2n) is 7.95. The van der Waals surface area contributed by atoms with E-state index in [1.54, 1.807) is 0 Å². The number of carbonyl (C=O) groups excluding carboxylic acids is 1. The summed E-state index contributed by atoms with van der Waals surface area (Å²) < 4.78 is 2.64. The Morgan fingerprint density at radius 3 is 2.97 bits per heavy atom. The van der Waals surface area contributed by atoms with Crippen LogP contribution in [0.4, 0.5) is 5.69 Å². The minimum atomic E-state index is -0.416. The van der Waals surface area contributed by atoms with E-state index < -0.39 is 20.7 Å². The summed E-state index contributed by atoms with van der Waals surface area (Å²) in [5.41, 5.74) is 9.43. The number of nitrogens with zero attached hydrogens (tertiary/aromatic N) is 2. The fourth-order valence-electron chi connectivity index (χ4n) is 4.17. The number of hydrogen-bond acceptors (Lipinski definition) is 4. The molecule has 2 aliphatic heterocycles. The van der Waals surface area contributed by atoms with Gasteiger partial charge < -0.3 is 15.4 Å². The maximum atomic E-state index is 10.7. The Hall–Kier alpha value is -2.02. The second-order valence-corrected chi connectivity index (χ2v) is 10.5. The number of unbranched alkanes of at least 4 members (excludes halogenated alkanes) is 1. The number of rotatable bonds is 6. The summed E-state index contributed by atoms with van der Waals surface area (Å²) in [5, 5.41) is 2.38. The van der Waals surface area contributed by atoms with Gasteiger partial charge in [-0.2, -0.15) is 0 Å². The Morgan fingerprint density at radius 2 is 2.14 bits per heavy atom. The zero-order valence-corrected chi connectivity index (χ0v) is 19.1. The molecule has 2 heterocycles. The van der Waals surface area contributed by atoms with Crippen molar-refractivity contribution in [2.45, 2.75) is 39.0 Å². The van der Waals surface area contributed by atoms with Crippen molar-refractivity contribution in [3.63, 3.8) is 0 Å². The molecule has 5 heteroatoms. The van der Waals surface area contributed by atoms with Crippen LogP contribution in [-0.4, -0.2) is 27.9 Å². The molecule has 2 aliphatic rings. The van der Waals surface area contributed by atoms with Crippen LogP contribution in [0.2, 0.25) is 0 Å². The van der Waals surface area contributed by atoms with Crippen LogP contribution in [-0.2, 0) is 4.79 Å². The van der Waals surface area contributed by atoms with Crippen LogP contribution in [0.5, 0.6) is 0 Å². The van der Waals surface area contributed by atoms with Gasteiger partial charge in [0.1, 0.15) is 9.92 Å². The minimum Gasteiger partial charge on any atom is -0.398 e. The molecule has 152 valence electrons. The highest BCUT2D eigenvalue weighted by atomic mass is 127. The highest BCUT2D eigenvalue weighted by molar-refractivity contribution is 14.2. The average molecular weight is 501 g/mol. The van der Waals surface area contributed by atoms with Gasteiger partial charge in [0.15, 0.2) is 0 Å². The maximum Gasteiger partial charge on any atom is 0.119 e. The molecule has 4 nitrogen and oxygen atoms in total. The van der Waals surface area contributed by atoms with Gasteiger partial charge in [-0.15, -0.1) is 0 Å². The van der Waals surface area contributed by atoms with Crippen molar-refractivity contribution in [3.05, 3.63) is 64.2 Å². The van der Waals surface area contributed by atoms with Crippen molar-refractivity contribution in [2.24, 2.45) is 10.9 Å². The van der Waals surface area contributed by atoms with Crippen molar-refractivity contribution in [2.75, 3.05) is 18.8 Å². The van der Waals surface area contributed by atoms with E-state index in [4.69, 9.17) is 10.7 Å². The number of fused-ring (bicyclic) bond motifs is 1. The molecule has 29 heavy (non-hydrogen) atoms. The number of nitrogens with two attached hydrogens (primary N) is 1. The minimum absolute atomic E-state index is 0.416. The molecule has 0 spiro atoms. The summed E-state index contributed by atoms with van der Waals surface area (Å²) in [5.74, 6) is 0.679. The number of benzene rings is 2. The maximum absolute atomic E-state index is 10.7. The molecule has 0 radical (unpaired) electrons. The first kappa shape index (κ1) is 20.3. The molecule has 1 atom stereocenters. The summed E-state index contributed by atoms with van der Waals surface area (Å²) in [6.07, 6.45) is 6.39. The van der Waals surface area contributed by atoms with E-state index in [1.807, 2.05) is 18.2 Å². The van der Waals surface area contributed by atoms with Gasteiger partial charge in [0, 0.05) is 36.0 Å². The summed E-state index contributed by atoms with van der Waals surface area (Å²) in [7, 11) is 0. The van der Waals surface area contributed by atoms with Gasteiger partial charge in [0.05, 0.1) is 9.06 Å². The number of para-hydroxylation sites is 1. The first-order valence-electron chi connectivity index (χ1n) is 10.4. The molecule has 2 aromatic rings. The van der Waals surface area contributed by atoms with Crippen LogP contribution < -0.4 is 16.3 Å². The van der Waals surface area contributed by atoms with Gasteiger partial charge in [-0.1, -0.05) is 24.3 Å². The third kappa shape index (κ3) is 4.60. The number of aryl methyl sites for hydroxylation is 1. The molecular weight excluding hydrogens is 473 g/mol. The van der Waals surface area contributed by atoms with Crippen molar-refractivity contribution < 1.29 is 4.79 Å². The zero-order valence-electron chi connectivity index (χ0n) is 16.9. The Morgan fingerprint density at radius 1 is 1.28 bits per heavy atom. The largest absolute Gasteiger partial charge is 0.398 e. The topological polar surface area (TPSA) is 58.7 Å². The van der Waals surface area contributed by atoms with E-state index >= 15 is 0 Å².